The lowest BCUT2D eigenvalue weighted by Crippen LogP contribution is -2.36. The minimum Gasteiger partial charge on any atom is -0.340 e. The molecule has 1 aliphatic rings. The van der Waals surface area contributed by atoms with Gasteiger partial charge < -0.3 is 9.88 Å². The predicted molar refractivity (Wildman–Crippen MR) is 96.3 cm³/mol. The number of aromatic nitrogens is 5. The number of benzene rings is 1. The number of nitrogens with one attached hydrogen (secondary N) is 2. The monoisotopic (exact) mass is 362 g/mol. The minimum atomic E-state index is -0.429. The summed E-state index contributed by atoms with van der Waals surface area (Å²) in [6.45, 7) is 0.953. The Bertz CT molecular complexity index is 1150. The summed E-state index contributed by atoms with van der Waals surface area (Å²) in [6.07, 6.45) is 4.11. The fourth-order valence-corrected chi connectivity index (χ4v) is 3.38. The summed E-state index contributed by atoms with van der Waals surface area (Å²) in [6, 6.07) is 8.11. The molecule has 0 bridgehead atoms. The summed E-state index contributed by atoms with van der Waals surface area (Å²) in [5, 5.41) is 7.37. The van der Waals surface area contributed by atoms with E-state index in [0.29, 0.717) is 24.9 Å². The van der Waals surface area contributed by atoms with Crippen molar-refractivity contribution in [2.24, 2.45) is 0 Å². The van der Waals surface area contributed by atoms with Gasteiger partial charge in [0.1, 0.15) is 22.9 Å². The van der Waals surface area contributed by atoms with Gasteiger partial charge in [0.05, 0.1) is 29.7 Å². The second kappa shape index (κ2) is 6.01. The molecule has 27 heavy (non-hydrogen) atoms. The van der Waals surface area contributed by atoms with Gasteiger partial charge in [-0.15, -0.1) is 0 Å². The number of fused-ring (bicyclic) bond motifs is 2. The lowest BCUT2D eigenvalue weighted by molar-refractivity contribution is 0.0726. The van der Waals surface area contributed by atoms with Crippen molar-refractivity contribution in [2.75, 3.05) is 6.54 Å². The second-order valence-electron chi connectivity index (χ2n) is 6.48. The van der Waals surface area contributed by atoms with Crippen LogP contribution >= 0.6 is 0 Å². The van der Waals surface area contributed by atoms with E-state index < -0.39 is 5.82 Å². The van der Waals surface area contributed by atoms with E-state index in [1.807, 2.05) is 0 Å². The Labute approximate surface area is 153 Å². The molecule has 1 aliphatic heterocycles. The van der Waals surface area contributed by atoms with E-state index in [1.165, 1.54) is 6.07 Å². The first kappa shape index (κ1) is 15.7. The standard InChI is InChI=1S/C19H15FN6O/c20-13-3-1-2-11-4-5-15(23-17(11)13)19(27)26-7-6-14-16(10-26)25-18(24-14)12-8-21-22-9-12/h1-5,8-9H,6-7,10H2,(H,21,22)(H,24,25). The largest absolute Gasteiger partial charge is 0.340 e. The van der Waals surface area contributed by atoms with Crippen molar-refractivity contribution in [3.8, 4) is 11.4 Å². The number of aromatic amines is 2. The van der Waals surface area contributed by atoms with Gasteiger partial charge in [0.15, 0.2) is 0 Å². The van der Waals surface area contributed by atoms with Crippen LogP contribution in [0.5, 0.6) is 0 Å². The summed E-state index contributed by atoms with van der Waals surface area (Å²) in [4.78, 5) is 26.7. The number of H-pyrrole nitrogens is 2. The highest BCUT2D eigenvalue weighted by Gasteiger charge is 2.26. The van der Waals surface area contributed by atoms with Crippen molar-refractivity contribution in [3.05, 3.63) is 65.6 Å². The lowest BCUT2D eigenvalue weighted by Gasteiger charge is -2.25. The normalized spacial score (nSPS) is 13.7. The lowest BCUT2D eigenvalue weighted by atomic mass is 10.1. The Morgan fingerprint density at radius 1 is 1.19 bits per heavy atom. The Hall–Kier alpha value is -3.55. The van der Waals surface area contributed by atoms with E-state index in [1.54, 1.807) is 41.6 Å². The summed E-state index contributed by atoms with van der Waals surface area (Å²) < 4.78 is 14.0. The van der Waals surface area contributed by atoms with Crippen LogP contribution in [0.1, 0.15) is 21.9 Å². The van der Waals surface area contributed by atoms with Gasteiger partial charge in [0.25, 0.3) is 5.91 Å². The highest BCUT2D eigenvalue weighted by atomic mass is 19.1. The zero-order chi connectivity index (χ0) is 18.4. The smallest absolute Gasteiger partial charge is 0.272 e. The van der Waals surface area contributed by atoms with Crippen molar-refractivity contribution in [3.63, 3.8) is 0 Å². The van der Waals surface area contributed by atoms with Crippen LogP contribution in [0.25, 0.3) is 22.3 Å². The Balaban J connectivity index is 1.43. The van der Waals surface area contributed by atoms with Crippen LogP contribution in [0, 0.1) is 5.82 Å². The molecule has 0 unspecified atom stereocenters. The number of para-hydroxylation sites is 1. The maximum atomic E-state index is 14.0. The maximum absolute atomic E-state index is 14.0. The zero-order valence-corrected chi connectivity index (χ0v) is 14.2. The summed E-state index contributed by atoms with van der Waals surface area (Å²) in [5.41, 5.74) is 3.18. The first-order valence-corrected chi connectivity index (χ1v) is 8.60. The highest BCUT2D eigenvalue weighted by molar-refractivity contribution is 5.95. The number of carbonyl (C=O) groups excluding carboxylic acids is 1. The number of hydrogen-bond acceptors (Lipinski definition) is 4. The van der Waals surface area contributed by atoms with Crippen LogP contribution < -0.4 is 0 Å². The molecule has 134 valence electrons. The molecule has 3 aromatic heterocycles. The molecule has 0 fully saturated rings. The third-order valence-electron chi connectivity index (χ3n) is 4.78. The van der Waals surface area contributed by atoms with E-state index in [0.717, 1.165) is 22.8 Å². The number of amides is 1. The van der Waals surface area contributed by atoms with Crippen molar-refractivity contribution >= 4 is 16.8 Å². The Morgan fingerprint density at radius 3 is 2.96 bits per heavy atom. The molecule has 4 heterocycles. The van der Waals surface area contributed by atoms with Gasteiger partial charge in [-0.1, -0.05) is 18.2 Å². The van der Waals surface area contributed by atoms with Gasteiger partial charge >= 0.3 is 0 Å². The molecular weight excluding hydrogens is 347 g/mol. The van der Waals surface area contributed by atoms with E-state index in [9.17, 15) is 9.18 Å². The van der Waals surface area contributed by atoms with E-state index in [2.05, 4.69) is 25.1 Å². The fourth-order valence-electron chi connectivity index (χ4n) is 3.38. The number of hydrogen-bond donors (Lipinski definition) is 2. The molecule has 0 aliphatic carbocycles. The van der Waals surface area contributed by atoms with Crippen LogP contribution in [0.2, 0.25) is 0 Å². The fraction of sp³-hybridized carbons (Fsp3) is 0.158. The minimum absolute atomic E-state index is 0.213. The summed E-state index contributed by atoms with van der Waals surface area (Å²) in [5.74, 6) is 0.0839. The SMILES string of the molecule is O=C(c1ccc2cccc(F)c2n1)N1CCc2nc(-c3cn[nH]c3)[nH]c2C1. The van der Waals surface area contributed by atoms with Gasteiger partial charge in [-0.05, 0) is 12.1 Å². The molecule has 8 heteroatoms. The molecular formula is C19H15FN6O. The number of pyridine rings is 1. The molecule has 0 saturated carbocycles. The molecule has 2 N–H and O–H groups in total. The topological polar surface area (TPSA) is 90.6 Å². The number of nitrogens with zero attached hydrogens (tertiary/aromatic N) is 4. The van der Waals surface area contributed by atoms with E-state index >= 15 is 0 Å². The molecule has 4 aromatic rings. The summed E-state index contributed by atoms with van der Waals surface area (Å²) in [7, 11) is 0. The first-order chi connectivity index (χ1) is 13.2. The third kappa shape index (κ3) is 2.66. The van der Waals surface area contributed by atoms with Gasteiger partial charge in [0, 0.05) is 24.5 Å². The molecule has 0 radical (unpaired) electrons. The Kier molecular flexibility index (Phi) is 3.49. The zero-order valence-electron chi connectivity index (χ0n) is 14.2. The molecule has 5 rings (SSSR count). The number of halogens is 1. The first-order valence-electron chi connectivity index (χ1n) is 8.60. The van der Waals surface area contributed by atoms with Crippen molar-refractivity contribution in [2.45, 2.75) is 13.0 Å². The number of rotatable bonds is 2. The summed E-state index contributed by atoms with van der Waals surface area (Å²) >= 11 is 0. The number of carbonyl (C=O) groups is 1. The molecule has 0 spiro atoms. The van der Waals surface area contributed by atoms with Crippen LogP contribution in [-0.4, -0.2) is 42.5 Å². The van der Waals surface area contributed by atoms with Gasteiger partial charge in [-0.3, -0.25) is 9.89 Å². The molecule has 1 aromatic carbocycles. The van der Waals surface area contributed by atoms with Crippen molar-refractivity contribution < 1.29 is 9.18 Å². The Morgan fingerprint density at radius 2 is 2.11 bits per heavy atom. The van der Waals surface area contributed by atoms with Crippen molar-refractivity contribution in [1.82, 2.24) is 30.0 Å². The van der Waals surface area contributed by atoms with Crippen LogP contribution in [-0.2, 0) is 13.0 Å². The second-order valence-corrected chi connectivity index (χ2v) is 6.48. The van der Waals surface area contributed by atoms with Gasteiger partial charge in [-0.25, -0.2) is 14.4 Å². The van der Waals surface area contributed by atoms with Crippen molar-refractivity contribution in [1.29, 1.82) is 0 Å². The molecule has 0 atom stereocenters. The predicted octanol–water partition coefficient (Wildman–Crippen LogP) is 2.69. The van der Waals surface area contributed by atoms with Gasteiger partial charge in [-0.2, -0.15) is 5.10 Å². The van der Waals surface area contributed by atoms with Crippen LogP contribution in [0.15, 0.2) is 42.7 Å². The quantitative estimate of drug-likeness (QED) is 0.574. The third-order valence-corrected chi connectivity index (χ3v) is 4.78. The maximum Gasteiger partial charge on any atom is 0.272 e. The molecule has 7 nitrogen and oxygen atoms in total. The van der Waals surface area contributed by atoms with Crippen LogP contribution in [0.4, 0.5) is 4.39 Å². The number of imidazole rings is 1. The average Bonchev–Trinajstić information content (AvgIpc) is 3.36. The van der Waals surface area contributed by atoms with Crippen LogP contribution in [0.3, 0.4) is 0 Å². The average molecular weight is 362 g/mol. The van der Waals surface area contributed by atoms with E-state index in [-0.39, 0.29) is 17.1 Å². The highest BCUT2D eigenvalue weighted by Crippen LogP contribution is 2.23. The molecule has 1 amide bonds. The van der Waals surface area contributed by atoms with Gasteiger partial charge in [0.2, 0.25) is 0 Å². The van der Waals surface area contributed by atoms with E-state index in [4.69, 9.17) is 0 Å². The molecule has 0 saturated heterocycles.